The summed E-state index contributed by atoms with van der Waals surface area (Å²) >= 11 is 0. The predicted molar refractivity (Wildman–Crippen MR) is 116 cm³/mol. The number of nitrogens with zero attached hydrogens (tertiary/aromatic N) is 4. The number of hydrogen-bond acceptors (Lipinski definition) is 6. The minimum absolute atomic E-state index is 0.0133. The minimum Gasteiger partial charge on any atom is -0.379 e. The molecule has 1 aromatic carbocycles. The summed E-state index contributed by atoms with van der Waals surface area (Å²) in [5, 5.41) is 14.3. The van der Waals surface area contributed by atoms with Gasteiger partial charge in [0.1, 0.15) is 0 Å². The Labute approximate surface area is 188 Å². The van der Waals surface area contributed by atoms with Gasteiger partial charge < -0.3 is 19.5 Å². The Balaban J connectivity index is 1.29. The number of amides is 2. The van der Waals surface area contributed by atoms with Crippen molar-refractivity contribution in [1.29, 1.82) is 0 Å². The Hall–Kier alpha value is -3.47. The molecule has 0 radical (unpaired) electrons. The van der Waals surface area contributed by atoms with Crippen LogP contribution in [-0.2, 0) is 11.3 Å². The van der Waals surface area contributed by atoms with Crippen LogP contribution in [0.15, 0.2) is 40.9 Å². The van der Waals surface area contributed by atoms with E-state index in [0.29, 0.717) is 49.3 Å². The summed E-state index contributed by atoms with van der Waals surface area (Å²) in [6, 6.07) is 9.29. The molecule has 1 saturated heterocycles. The number of nitrogens with one attached hydrogen (secondary N) is 2. The molecule has 2 aliphatic heterocycles. The van der Waals surface area contributed by atoms with Gasteiger partial charge in [-0.25, -0.2) is 13.6 Å². The third-order valence-electron chi connectivity index (χ3n) is 5.98. The van der Waals surface area contributed by atoms with Crippen molar-refractivity contribution in [3.05, 3.63) is 47.7 Å². The van der Waals surface area contributed by atoms with Crippen LogP contribution in [0.4, 0.5) is 25.2 Å². The lowest BCUT2D eigenvalue weighted by Crippen LogP contribution is -2.38. The lowest BCUT2D eigenvalue weighted by atomic mass is 10.1. The fourth-order valence-corrected chi connectivity index (χ4v) is 4.23. The lowest BCUT2D eigenvalue weighted by molar-refractivity contribution is 0.151. The molecule has 0 spiro atoms. The van der Waals surface area contributed by atoms with Crippen LogP contribution in [0.2, 0.25) is 0 Å². The van der Waals surface area contributed by atoms with Crippen LogP contribution in [-0.4, -0.2) is 46.8 Å². The second-order valence-electron chi connectivity index (χ2n) is 8.18. The Morgan fingerprint density at radius 3 is 2.91 bits per heavy atom. The molecule has 0 bridgehead atoms. The van der Waals surface area contributed by atoms with Gasteiger partial charge in [-0.15, -0.1) is 0 Å². The second-order valence-corrected chi connectivity index (χ2v) is 8.18. The zero-order valence-electron chi connectivity index (χ0n) is 18.0. The van der Waals surface area contributed by atoms with Crippen molar-refractivity contribution in [3.8, 4) is 11.3 Å². The number of alkyl halides is 2. The predicted octanol–water partition coefficient (Wildman–Crippen LogP) is 3.97. The van der Waals surface area contributed by atoms with Gasteiger partial charge in [0.05, 0.1) is 30.9 Å². The van der Waals surface area contributed by atoms with Gasteiger partial charge in [0.25, 0.3) is 6.43 Å². The average Bonchev–Trinajstić information content (AvgIpc) is 3.55. The van der Waals surface area contributed by atoms with E-state index >= 15 is 0 Å². The molecule has 33 heavy (non-hydrogen) atoms. The summed E-state index contributed by atoms with van der Waals surface area (Å²) < 4.78 is 38.7. The quantitative estimate of drug-likeness (QED) is 0.601. The SMILES string of the molecule is CC1c2cc(NC(=O)N[C@@H]3CCOC3)nn2CCN1c1cc(-c2cccc(C(F)F)c2)on1. The number of urea groups is 1. The summed E-state index contributed by atoms with van der Waals surface area (Å²) in [4.78, 5) is 14.3. The normalized spacial score (nSPS) is 20.2. The molecule has 0 saturated carbocycles. The average molecular weight is 458 g/mol. The van der Waals surface area contributed by atoms with E-state index in [-0.39, 0.29) is 23.7 Å². The van der Waals surface area contributed by atoms with Crippen LogP contribution in [0.3, 0.4) is 0 Å². The molecular weight excluding hydrogens is 434 g/mol. The van der Waals surface area contributed by atoms with Gasteiger partial charge in [-0.05, 0) is 19.4 Å². The largest absolute Gasteiger partial charge is 0.379 e. The van der Waals surface area contributed by atoms with Crippen molar-refractivity contribution in [2.45, 2.75) is 38.4 Å². The minimum atomic E-state index is -2.55. The van der Waals surface area contributed by atoms with Crippen LogP contribution >= 0.6 is 0 Å². The van der Waals surface area contributed by atoms with E-state index in [1.807, 2.05) is 17.7 Å². The van der Waals surface area contributed by atoms with Crippen molar-refractivity contribution in [2.24, 2.45) is 0 Å². The van der Waals surface area contributed by atoms with Crippen LogP contribution < -0.4 is 15.5 Å². The van der Waals surface area contributed by atoms with Crippen molar-refractivity contribution in [2.75, 3.05) is 30.0 Å². The molecule has 2 aromatic heterocycles. The van der Waals surface area contributed by atoms with E-state index in [0.717, 1.165) is 12.1 Å². The number of aromatic nitrogens is 3. The van der Waals surface area contributed by atoms with Crippen molar-refractivity contribution in [3.63, 3.8) is 0 Å². The van der Waals surface area contributed by atoms with E-state index in [1.54, 1.807) is 18.2 Å². The first-order valence-electron chi connectivity index (χ1n) is 10.8. The lowest BCUT2D eigenvalue weighted by Gasteiger charge is -2.33. The summed E-state index contributed by atoms with van der Waals surface area (Å²) in [7, 11) is 0. The number of ether oxygens (including phenoxy) is 1. The molecule has 2 aliphatic rings. The Morgan fingerprint density at radius 2 is 2.12 bits per heavy atom. The number of fused-ring (bicyclic) bond motifs is 1. The van der Waals surface area contributed by atoms with Crippen LogP contribution in [0.25, 0.3) is 11.3 Å². The Morgan fingerprint density at radius 1 is 1.24 bits per heavy atom. The van der Waals surface area contributed by atoms with E-state index in [9.17, 15) is 13.6 Å². The molecule has 0 aliphatic carbocycles. The fourth-order valence-electron chi connectivity index (χ4n) is 4.23. The zero-order chi connectivity index (χ0) is 22.9. The van der Waals surface area contributed by atoms with E-state index in [4.69, 9.17) is 9.26 Å². The molecule has 174 valence electrons. The molecule has 5 rings (SSSR count). The molecule has 4 heterocycles. The maximum atomic E-state index is 13.0. The molecular formula is C22H24F2N6O3. The number of rotatable bonds is 5. The van der Waals surface area contributed by atoms with Gasteiger partial charge in [-0.3, -0.25) is 10.00 Å². The maximum absolute atomic E-state index is 13.0. The van der Waals surface area contributed by atoms with E-state index < -0.39 is 6.43 Å². The zero-order valence-corrected chi connectivity index (χ0v) is 18.0. The third kappa shape index (κ3) is 4.40. The number of carbonyl (C=O) groups excluding carboxylic acids is 1. The van der Waals surface area contributed by atoms with Crippen molar-refractivity contribution >= 4 is 17.7 Å². The number of halogens is 2. The Kier molecular flexibility index (Phi) is 5.71. The van der Waals surface area contributed by atoms with Gasteiger partial charge in [0, 0.05) is 36.4 Å². The highest BCUT2D eigenvalue weighted by atomic mass is 19.3. The standard InChI is InChI=1S/C22H24F2N6O3/c1-13-17-10-19(26-22(31)25-16-5-8-32-12-16)27-30(17)7-6-29(13)20-11-18(33-28-20)14-3-2-4-15(9-14)21(23)24/h2-4,9-11,13,16,21H,5-8,12H2,1H3,(H2,25,26,27,31)/t13?,16-/m1/s1. The number of hydrogen-bond donors (Lipinski definition) is 2. The monoisotopic (exact) mass is 458 g/mol. The van der Waals surface area contributed by atoms with Gasteiger partial charge in [-0.1, -0.05) is 23.4 Å². The fraction of sp³-hybridized carbons (Fsp3) is 0.409. The van der Waals surface area contributed by atoms with Gasteiger partial charge in [0.2, 0.25) is 0 Å². The summed E-state index contributed by atoms with van der Waals surface area (Å²) in [5.41, 5.74) is 1.40. The highest BCUT2D eigenvalue weighted by Crippen LogP contribution is 2.34. The van der Waals surface area contributed by atoms with Crippen LogP contribution in [0, 0.1) is 0 Å². The highest BCUT2D eigenvalue weighted by molar-refractivity contribution is 5.88. The second kappa shape index (κ2) is 8.81. The molecule has 3 aromatic rings. The molecule has 11 heteroatoms. The number of anilines is 2. The van der Waals surface area contributed by atoms with Crippen LogP contribution in [0.1, 0.15) is 37.1 Å². The van der Waals surface area contributed by atoms with Gasteiger partial charge in [0.15, 0.2) is 17.4 Å². The molecule has 2 amide bonds. The van der Waals surface area contributed by atoms with Crippen molar-refractivity contribution < 1.29 is 22.8 Å². The number of benzene rings is 1. The highest BCUT2D eigenvalue weighted by Gasteiger charge is 2.29. The topological polar surface area (TPSA) is 97.5 Å². The van der Waals surface area contributed by atoms with Gasteiger partial charge >= 0.3 is 6.03 Å². The summed E-state index contributed by atoms with van der Waals surface area (Å²) in [6.07, 6.45) is -1.75. The van der Waals surface area contributed by atoms with Crippen LogP contribution in [0.5, 0.6) is 0 Å². The van der Waals surface area contributed by atoms with E-state index in [2.05, 4.69) is 25.8 Å². The molecule has 9 nitrogen and oxygen atoms in total. The first-order valence-corrected chi connectivity index (χ1v) is 10.8. The third-order valence-corrected chi connectivity index (χ3v) is 5.98. The molecule has 2 atom stereocenters. The van der Waals surface area contributed by atoms with E-state index in [1.165, 1.54) is 12.1 Å². The van der Waals surface area contributed by atoms with Crippen molar-refractivity contribution in [1.82, 2.24) is 20.3 Å². The summed E-state index contributed by atoms with van der Waals surface area (Å²) in [6.45, 7) is 4.41. The number of carbonyl (C=O) groups is 1. The molecule has 1 fully saturated rings. The maximum Gasteiger partial charge on any atom is 0.320 e. The Bertz CT molecular complexity index is 1140. The van der Waals surface area contributed by atoms with Gasteiger partial charge in [-0.2, -0.15) is 5.10 Å². The first-order chi connectivity index (χ1) is 16.0. The molecule has 2 N–H and O–H groups in total. The summed E-state index contributed by atoms with van der Waals surface area (Å²) in [5.74, 6) is 1.51. The smallest absolute Gasteiger partial charge is 0.320 e. The molecule has 1 unspecified atom stereocenters. The first kappa shape index (κ1) is 21.4.